The van der Waals surface area contributed by atoms with Crippen molar-refractivity contribution in [1.82, 2.24) is 4.98 Å². The highest BCUT2D eigenvalue weighted by atomic mass is 16.1. The predicted octanol–water partition coefficient (Wildman–Crippen LogP) is 3.70. The SMILES string of the molecule is O=C(CCCc1ccccc1)C1CCc2cccnc21. The molecule has 0 aliphatic heterocycles. The summed E-state index contributed by atoms with van der Waals surface area (Å²) in [6, 6.07) is 14.4. The van der Waals surface area contributed by atoms with Gasteiger partial charge in [-0.3, -0.25) is 9.78 Å². The Balaban J connectivity index is 1.56. The molecule has 1 heterocycles. The smallest absolute Gasteiger partial charge is 0.141 e. The minimum Gasteiger partial charge on any atom is -0.299 e. The van der Waals surface area contributed by atoms with Gasteiger partial charge in [0.25, 0.3) is 0 Å². The maximum Gasteiger partial charge on any atom is 0.141 e. The van der Waals surface area contributed by atoms with E-state index in [0.29, 0.717) is 12.2 Å². The molecule has 0 amide bonds. The van der Waals surface area contributed by atoms with E-state index in [4.69, 9.17) is 0 Å². The Kier molecular flexibility index (Phi) is 3.91. The lowest BCUT2D eigenvalue weighted by Gasteiger charge is -2.09. The molecule has 0 N–H and O–H groups in total. The van der Waals surface area contributed by atoms with E-state index in [0.717, 1.165) is 31.4 Å². The van der Waals surface area contributed by atoms with Crippen LogP contribution in [0.5, 0.6) is 0 Å². The minimum absolute atomic E-state index is 0.0435. The summed E-state index contributed by atoms with van der Waals surface area (Å²) in [6.45, 7) is 0. The Morgan fingerprint density at radius 3 is 2.85 bits per heavy atom. The lowest BCUT2D eigenvalue weighted by molar-refractivity contribution is -0.120. The van der Waals surface area contributed by atoms with Crippen molar-refractivity contribution in [3.8, 4) is 0 Å². The summed E-state index contributed by atoms with van der Waals surface area (Å²) < 4.78 is 0. The van der Waals surface area contributed by atoms with Crippen LogP contribution < -0.4 is 0 Å². The van der Waals surface area contributed by atoms with Crippen LogP contribution in [-0.2, 0) is 17.6 Å². The van der Waals surface area contributed by atoms with Crippen molar-refractivity contribution in [1.29, 1.82) is 0 Å². The highest BCUT2D eigenvalue weighted by Crippen LogP contribution is 2.32. The van der Waals surface area contributed by atoms with E-state index in [9.17, 15) is 4.79 Å². The molecule has 0 spiro atoms. The second-order valence-electron chi connectivity index (χ2n) is 5.44. The van der Waals surface area contributed by atoms with Crippen LogP contribution in [0.1, 0.15) is 42.0 Å². The number of rotatable bonds is 5. The molecule has 0 saturated carbocycles. The number of hydrogen-bond acceptors (Lipinski definition) is 2. The van der Waals surface area contributed by atoms with Crippen molar-refractivity contribution in [3.63, 3.8) is 0 Å². The van der Waals surface area contributed by atoms with Crippen molar-refractivity contribution in [3.05, 3.63) is 65.5 Å². The van der Waals surface area contributed by atoms with Crippen LogP contribution in [-0.4, -0.2) is 10.8 Å². The maximum absolute atomic E-state index is 12.4. The second-order valence-corrected chi connectivity index (χ2v) is 5.44. The van der Waals surface area contributed by atoms with Crippen LogP contribution in [0.15, 0.2) is 48.7 Å². The third kappa shape index (κ3) is 2.79. The summed E-state index contributed by atoms with van der Waals surface area (Å²) in [6.07, 6.45) is 6.31. The molecule has 2 heteroatoms. The molecule has 1 aromatic carbocycles. The first-order valence-electron chi connectivity index (χ1n) is 7.35. The molecule has 0 fully saturated rings. The summed E-state index contributed by atoms with van der Waals surface area (Å²) in [5.74, 6) is 0.403. The number of benzene rings is 1. The second kappa shape index (κ2) is 6.00. The molecule has 1 aliphatic carbocycles. The lowest BCUT2D eigenvalue weighted by atomic mass is 9.96. The van der Waals surface area contributed by atoms with Crippen LogP contribution in [0, 0.1) is 0 Å². The first-order valence-corrected chi connectivity index (χ1v) is 7.35. The van der Waals surface area contributed by atoms with E-state index in [1.807, 2.05) is 24.3 Å². The largest absolute Gasteiger partial charge is 0.299 e. The average molecular weight is 265 g/mol. The number of carbonyl (C=O) groups is 1. The standard InChI is InChI=1S/C18H19NO/c20-17(10-4-8-14-6-2-1-3-7-14)16-12-11-15-9-5-13-19-18(15)16/h1-3,5-7,9,13,16H,4,8,10-12H2. The molecule has 3 rings (SSSR count). The fourth-order valence-electron chi connectivity index (χ4n) is 3.01. The number of aromatic nitrogens is 1. The molecule has 2 aromatic rings. The molecule has 20 heavy (non-hydrogen) atoms. The summed E-state index contributed by atoms with van der Waals surface area (Å²) in [5, 5.41) is 0. The normalized spacial score (nSPS) is 16.9. The fraction of sp³-hybridized carbons (Fsp3) is 0.333. The van der Waals surface area contributed by atoms with Crippen LogP contribution in [0.3, 0.4) is 0 Å². The highest BCUT2D eigenvalue weighted by Gasteiger charge is 2.28. The van der Waals surface area contributed by atoms with Gasteiger partial charge in [-0.25, -0.2) is 0 Å². The summed E-state index contributed by atoms with van der Waals surface area (Å²) in [4.78, 5) is 16.8. The van der Waals surface area contributed by atoms with Crippen LogP contribution in [0.4, 0.5) is 0 Å². The summed E-state index contributed by atoms with van der Waals surface area (Å²) in [7, 11) is 0. The third-order valence-electron chi connectivity index (χ3n) is 4.08. The van der Waals surface area contributed by atoms with Gasteiger partial charge in [0, 0.05) is 12.6 Å². The Morgan fingerprint density at radius 1 is 1.15 bits per heavy atom. The van der Waals surface area contributed by atoms with Gasteiger partial charge >= 0.3 is 0 Å². The average Bonchev–Trinajstić information content (AvgIpc) is 2.92. The number of hydrogen-bond donors (Lipinski definition) is 0. The number of carbonyl (C=O) groups excluding carboxylic acids is 1. The van der Waals surface area contributed by atoms with Crippen molar-refractivity contribution in [2.75, 3.05) is 0 Å². The molecular weight excluding hydrogens is 246 g/mol. The molecule has 1 unspecified atom stereocenters. The van der Waals surface area contributed by atoms with Crippen LogP contribution in [0.2, 0.25) is 0 Å². The van der Waals surface area contributed by atoms with Gasteiger partial charge in [0.2, 0.25) is 0 Å². The summed E-state index contributed by atoms with van der Waals surface area (Å²) in [5.41, 5.74) is 3.59. The van der Waals surface area contributed by atoms with E-state index in [1.54, 1.807) is 6.20 Å². The molecule has 0 saturated heterocycles. The van der Waals surface area contributed by atoms with E-state index >= 15 is 0 Å². The number of pyridine rings is 1. The molecular formula is C18H19NO. The van der Waals surface area contributed by atoms with Gasteiger partial charge in [-0.15, -0.1) is 0 Å². The maximum atomic E-state index is 12.4. The Labute approximate surface area is 119 Å². The monoisotopic (exact) mass is 265 g/mol. The highest BCUT2D eigenvalue weighted by molar-refractivity contribution is 5.86. The summed E-state index contributed by atoms with van der Waals surface area (Å²) >= 11 is 0. The van der Waals surface area contributed by atoms with Crippen LogP contribution in [0.25, 0.3) is 0 Å². The van der Waals surface area contributed by atoms with Gasteiger partial charge in [0.15, 0.2) is 0 Å². The zero-order chi connectivity index (χ0) is 13.8. The molecule has 0 bridgehead atoms. The molecule has 1 atom stereocenters. The first-order chi connectivity index (χ1) is 9.84. The van der Waals surface area contributed by atoms with E-state index in [-0.39, 0.29) is 5.92 Å². The first kappa shape index (κ1) is 13.0. The number of aryl methyl sites for hydroxylation is 2. The van der Waals surface area contributed by atoms with Crippen molar-refractivity contribution in [2.24, 2.45) is 0 Å². The Hall–Kier alpha value is -1.96. The van der Waals surface area contributed by atoms with E-state index < -0.39 is 0 Å². The fourth-order valence-corrected chi connectivity index (χ4v) is 3.01. The zero-order valence-electron chi connectivity index (χ0n) is 11.6. The third-order valence-corrected chi connectivity index (χ3v) is 4.08. The zero-order valence-corrected chi connectivity index (χ0v) is 11.6. The Bertz CT molecular complexity index is 591. The van der Waals surface area contributed by atoms with E-state index in [1.165, 1.54) is 11.1 Å². The predicted molar refractivity (Wildman–Crippen MR) is 79.7 cm³/mol. The van der Waals surface area contributed by atoms with Gasteiger partial charge in [-0.1, -0.05) is 36.4 Å². The molecule has 102 valence electrons. The van der Waals surface area contributed by atoms with Gasteiger partial charge < -0.3 is 0 Å². The Morgan fingerprint density at radius 2 is 2.00 bits per heavy atom. The molecule has 1 aliphatic rings. The van der Waals surface area contributed by atoms with Crippen molar-refractivity contribution in [2.45, 2.75) is 38.0 Å². The number of ketones is 1. The number of fused-ring (bicyclic) bond motifs is 1. The van der Waals surface area contributed by atoms with Gasteiger partial charge in [0.1, 0.15) is 5.78 Å². The van der Waals surface area contributed by atoms with E-state index in [2.05, 4.69) is 23.2 Å². The number of Topliss-reactive ketones (excluding diaryl/α,β-unsaturated/α-hetero) is 1. The topological polar surface area (TPSA) is 30.0 Å². The quantitative estimate of drug-likeness (QED) is 0.825. The van der Waals surface area contributed by atoms with Crippen LogP contribution >= 0.6 is 0 Å². The van der Waals surface area contributed by atoms with Gasteiger partial charge in [-0.05, 0) is 42.9 Å². The minimum atomic E-state index is 0.0435. The number of nitrogens with zero attached hydrogens (tertiary/aromatic N) is 1. The van der Waals surface area contributed by atoms with Crippen molar-refractivity contribution >= 4 is 5.78 Å². The molecule has 1 aromatic heterocycles. The van der Waals surface area contributed by atoms with Gasteiger partial charge in [-0.2, -0.15) is 0 Å². The van der Waals surface area contributed by atoms with Crippen molar-refractivity contribution < 1.29 is 4.79 Å². The van der Waals surface area contributed by atoms with Gasteiger partial charge in [0.05, 0.1) is 11.6 Å². The molecule has 2 nitrogen and oxygen atoms in total. The molecule has 0 radical (unpaired) electrons. The lowest BCUT2D eigenvalue weighted by Crippen LogP contribution is -2.11.